The molecule has 0 radical (unpaired) electrons. The minimum atomic E-state index is -3.34. The largest absolute Gasteiger partial charge is 0.355 e. The van der Waals surface area contributed by atoms with E-state index in [0.717, 1.165) is 6.26 Å². The first-order chi connectivity index (χ1) is 12.7. The van der Waals surface area contributed by atoms with Crippen LogP contribution in [0.1, 0.15) is 6.92 Å². The van der Waals surface area contributed by atoms with Crippen LogP contribution in [0.15, 0.2) is 47.8 Å². The first kappa shape index (κ1) is 18.5. The average molecular weight is 386 g/mol. The van der Waals surface area contributed by atoms with Crippen molar-refractivity contribution in [2.45, 2.75) is 11.8 Å². The van der Waals surface area contributed by atoms with Gasteiger partial charge in [0.05, 0.1) is 16.1 Å². The first-order valence-electron chi connectivity index (χ1n) is 7.93. The molecule has 2 N–H and O–H groups in total. The monoisotopic (exact) mass is 386 g/mol. The maximum Gasteiger partial charge on any atom is 0.222 e. The van der Waals surface area contributed by atoms with Gasteiger partial charge in [0, 0.05) is 38.2 Å². The van der Waals surface area contributed by atoms with Crippen molar-refractivity contribution >= 4 is 32.9 Å². The van der Waals surface area contributed by atoms with Crippen LogP contribution >= 0.6 is 0 Å². The second-order valence-electron chi connectivity index (χ2n) is 5.96. The molecule has 0 atom stereocenters. The number of amides is 1. The Bertz CT molecular complexity index is 1110. The fourth-order valence-electron chi connectivity index (χ4n) is 2.41. The number of pyridine rings is 1. The predicted octanol–water partition coefficient (Wildman–Crippen LogP) is 1.98. The number of carbonyl (C=O) groups excluding carboxylic acids is 1. The molecule has 0 aliphatic rings. The molecule has 27 heavy (non-hydrogen) atoms. The molecule has 0 aliphatic carbocycles. The van der Waals surface area contributed by atoms with Gasteiger partial charge in [0.1, 0.15) is 12.1 Å². The number of nitrogens with zero attached hydrogens (tertiary/aromatic N) is 4. The lowest BCUT2D eigenvalue weighted by Gasteiger charge is -2.13. The van der Waals surface area contributed by atoms with Gasteiger partial charge in [-0.2, -0.15) is 5.10 Å². The summed E-state index contributed by atoms with van der Waals surface area (Å²) in [6.45, 7) is 1.39. The number of anilines is 3. The molecule has 2 aromatic heterocycles. The van der Waals surface area contributed by atoms with E-state index in [9.17, 15) is 13.2 Å². The number of rotatable bonds is 5. The van der Waals surface area contributed by atoms with E-state index < -0.39 is 9.84 Å². The number of carbonyl (C=O) groups is 1. The number of benzene rings is 1. The van der Waals surface area contributed by atoms with Crippen molar-refractivity contribution in [3.8, 4) is 11.4 Å². The molecule has 3 rings (SSSR count). The van der Waals surface area contributed by atoms with Crippen LogP contribution in [0.2, 0.25) is 0 Å². The number of sulfone groups is 1. The molecular formula is C17H18N6O3S. The molecule has 1 aromatic carbocycles. The fraction of sp³-hybridized carbons (Fsp3) is 0.176. The summed E-state index contributed by atoms with van der Waals surface area (Å²) in [5.74, 6) is 0.543. The van der Waals surface area contributed by atoms with Crippen molar-refractivity contribution in [2.75, 3.05) is 16.9 Å². The maximum atomic E-state index is 11.8. The zero-order valence-corrected chi connectivity index (χ0v) is 15.8. The van der Waals surface area contributed by atoms with Crippen LogP contribution in [0.25, 0.3) is 11.4 Å². The van der Waals surface area contributed by atoms with Crippen LogP contribution in [-0.4, -0.2) is 40.3 Å². The van der Waals surface area contributed by atoms with Crippen molar-refractivity contribution in [3.05, 3.63) is 42.9 Å². The molecule has 0 saturated heterocycles. The lowest BCUT2D eigenvalue weighted by Crippen LogP contribution is -2.08. The van der Waals surface area contributed by atoms with Gasteiger partial charge in [-0.3, -0.25) is 9.48 Å². The predicted molar refractivity (Wildman–Crippen MR) is 101 cm³/mol. The number of aryl methyl sites for hydroxylation is 1. The summed E-state index contributed by atoms with van der Waals surface area (Å²) >= 11 is 0. The van der Waals surface area contributed by atoms with Crippen LogP contribution < -0.4 is 10.6 Å². The maximum absolute atomic E-state index is 11.8. The molecule has 0 unspecified atom stereocenters. The smallest absolute Gasteiger partial charge is 0.222 e. The van der Waals surface area contributed by atoms with Gasteiger partial charge < -0.3 is 10.6 Å². The average Bonchev–Trinajstić information content (AvgIpc) is 3.00. The first-order valence-corrected chi connectivity index (χ1v) is 9.82. The molecule has 0 spiro atoms. The molecule has 1 amide bonds. The summed E-state index contributed by atoms with van der Waals surface area (Å²) in [5, 5.41) is 10.1. The van der Waals surface area contributed by atoms with Crippen molar-refractivity contribution < 1.29 is 13.2 Å². The molecule has 3 aromatic rings. The highest BCUT2D eigenvalue weighted by Crippen LogP contribution is 2.30. The molecule has 140 valence electrons. The number of hydrogen-bond donors (Lipinski definition) is 2. The zero-order chi connectivity index (χ0) is 19.6. The molecule has 0 aliphatic heterocycles. The van der Waals surface area contributed by atoms with E-state index >= 15 is 0 Å². The summed E-state index contributed by atoms with van der Waals surface area (Å²) in [6, 6.07) is 8.08. The molecule has 9 nitrogen and oxygen atoms in total. The highest BCUT2D eigenvalue weighted by Gasteiger charge is 2.14. The van der Waals surface area contributed by atoms with Crippen LogP contribution in [-0.2, 0) is 21.7 Å². The van der Waals surface area contributed by atoms with Crippen molar-refractivity contribution in [2.24, 2.45) is 7.05 Å². The van der Waals surface area contributed by atoms with E-state index in [1.807, 2.05) is 0 Å². The van der Waals surface area contributed by atoms with Gasteiger partial charge in [0.2, 0.25) is 5.91 Å². The van der Waals surface area contributed by atoms with Crippen LogP contribution in [0, 0.1) is 0 Å². The van der Waals surface area contributed by atoms with Gasteiger partial charge >= 0.3 is 0 Å². The van der Waals surface area contributed by atoms with E-state index in [0.29, 0.717) is 28.6 Å². The Kier molecular flexibility index (Phi) is 4.91. The highest BCUT2D eigenvalue weighted by molar-refractivity contribution is 7.90. The van der Waals surface area contributed by atoms with E-state index in [-0.39, 0.29) is 10.8 Å². The quantitative estimate of drug-likeness (QED) is 0.688. The van der Waals surface area contributed by atoms with Crippen molar-refractivity contribution in [1.29, 1.82) is 0 Å². The lowest BCUT2D eigenvalue weighted by molar-refractivity contribution is -0.114. The lowest BCUT2D eigenvalue weighted by atomic mass is 10.2. The number of nitrogens with one attached hydrogen (secondary N) is 2. The summed E-state index contributed by atoms with van der Waals surface area (Å²) < 4.78 is 25.2. The normalized spacial score (nSPS) is 11.2. The minimum Gasteiger partial charge on any atom is -0.355 e. The number of aromatic nitrogens is 4. The third kappa shape index (κ3) is 4.47. The van der Waals surface area contributed by atoms with Gasteiger partial charge in [-0.05, 0) is 18.2 Å². The SMILES string of the molecule is CC(=O)Nc1cc(Nc2cccc(S(C)(=O)=O)c2)c(-c2ncn(C)n2)cn1. The fourth-order valence-corrected chi connectivity index (χ4v) is 3.08. The minimum absolute atomic E-state index is 0.196. The molecule has 0 fully saturated rings. The van der Waals surface area contributed by atoms with E-state index in [4.69, 9.17) is 0 Å². The van der Waals surface area contributed by atoms with E-state index in [1.54, 1.807) is 42.5 Å². The van der Waals surface area contributed by atoms with Crippen LogP contribution in [0.3, 0.4) is 0 Å². The molecule has 10 heteroatoms. The summed E-state index contributed by atoms with van der Waals surface area (Å²) in [5.41, 5.74) is 1.75. The standard InChI is InChI=1S/C17H18N6O3S/c1-11(24)20-16-8-15(14(9-18-16)17-19-10-23(2)22-17)21-12-5-4-6-13(7-12)27(3,25)26/h4-10H,1-3H3,(H2,18,20,21,24). The van der Waals surface area contributed by atoms with Crippen LogP contribution in [0.5, 0.6) is 0 Å². The zero-order valence-electron chi connectivity index (χ0n) is 15.0. The Labute approximate surface area is 156 Å². The molecular weight excluding hydrogens is 368 g/mol. The van der Waals surface area contributed by atoms with Gasteiger partial charge in [0.15, 0.2) is 15.7 Å². The topological polar surface area (TPSA) is 119 Å². The highest BCUT2D eigenvalue weighted by atomic mass is 32.2. The van der Waals surface area contributed by atoms with Gasteiger partial charge in [-0.25, -0.2) is 18.4 Å². The molecule has 0 saturated carbocycles. The summed E-state index contributed by atoms with van der Waals surface area (Å²) in [4.78, 5) is 20.0. The second kappa shape index (κ2) is 7.16. The van der Waals surface area contributed by atoms with Crippen molar-refractivity contribution in [1.82, 2.24) is 19.7 Å². The third-order valence-corrected chi connectivity index (χ3v) is 4.70. The van der Waals surface area contributed by atoms with Gasteiger partial charge in [0.25, 0.3) is 0 Å². The number of hydrogen-bond acceptors (Lipinski definition) is 7. The Morgan fingerprint density at radius 3 is 2.59 bits per heavy atom. The molecule has 2 heterocycles. The Morgan fingerprint density at radius 2 is 1.96 bits per heavy atom. The Hall–Kier alpha value is -3.27. The van der Waals surface area contributed by atoms with Gasteiger partial charge in [-0.1, -0.05) is 6.07 Å². The third-order valence-electron chi connectivity index (χ3n) is 3.59. The van der Waals surface area contributed by atoms with Crippen LogP contribution in [0.4, 0.5) is 17.2 Å². The van der Waals surface area contributed by atoms with E-state index in [1.165, 1.54) is 19.1 Å². The van der Waals surface area contributed by atoms with Gasteiger partial charge in [-0.15, -0.1) is 0 Å². The van der Waals surface area contributed by atoms with E-state index in [2.05, 4.69) is 25.7 Å². The Morgan fingerprint density at radius 1 is 1.19 bits per heavy atom. The molecule has 0 bridgehead atoms. The Balaban J connectivity index is 2.05. The van der Waals surface area contributed by atoms with Crippen molar-refractivity contribution in [3.63, 3.8) is 0 Å². The second-order valence-corrected chi connectivity index (χ2v) is 7.98. The summed E-state index contributed by atoms with van der Waals surface area (Å²) in [7, 11) is -1.59. The summed E-state index contributed by atoms with van der Waals surface area (Å²) in [6.07, 6.45) is 4.26.